The molecule has 6 rings (SSSR count). The van der Waals surface area contributed by atoms with Gasteiger partial charge in [0.25, 0.3) is 0 Å². The first-order valence-corrected chi connectivity index (χ1v) is 14.7. The van der Waals surface area contributed by atoms with Gasteiger partial charge in [0.05, 0.1) is 29.4 Å². The van der Waals surface area contributed by atoms with Crippen LogP contribution in [0.15, 0.2) is 48.5 Å². The fourth-order valence-electron chi connectivity index (χ4n) is 6.23. The van der Waals surface area contributed by atoms with Crippen LogP contribution in [-0.2, 0) is 20.6 Å². The maximum atomic E-state index is 13.6. The molecule has 236 valence electrons. The highest BCUT2D eigenvalue weighted by Crippen LogP contribution is 2.52. The topological polar surface area (TPSA) is 198 Å². The van der Waals surface area contributed by atoms with Crippen LogP contribution >= 0.6 is 11.6 Å². The van der Waals surface area contributed by atoms with Crippen molar-refractivity contribution in [2.24, 2.45) is 5.73 Å². The van der Waals surface area contributed by atoms with Crippen LogP contribution in [0.5, 0.6) is 11.5 Å². The van der Waals surface area contributed by atoms with Crippen LogP contribution in [0.4, 0.5) is 10.5 Å². The van der Waals surface area contributed by atoms with Gasteiger partial charge < -0.3 is 40.4 Å². The Labute approximate surface area is 262 Å². The second-order valence-electron chi connectivity index (χ2n) is 11.6. The number of ether oxygens (including phenoxy) is 3. The summed E-state index contributed by atoms with van der Waals surface area (Å²) in [6.07, 6.45) is -5.37. The number of halogens is 1. The number of nitrogens with two attached hydrogens (primary N) is 1. The van der Waals surface area contributed by atoms with Crippen LogP contribution in [-0.4, -0.2) is 74.8 Å². The van der Waals surface area contributed by atoms with Gasteiger partial charge in [-0.2, -0.15) is 0 Å². The highest BCUT2D eigenvalue weighted by atomic mass is 35.5. The molecule has 2 aliphatic carbocycles. The smallest absolute Gasteiger partial charge is 0.411 e. The number of aromatic hydroxyl groups is 2. The van der Waals surface area contributed by atoms with Crippen molar-refractivity contribution in [1.29, 1.82) is 0 Å². The van der Waals surface area contributed by atoms with Crippen molar-refractivity contribution >= 4 is 34.9 Å². The second kappa shape index (κ2) is 11.7. The number of phenolic OH excluding ortho intramolecular Hbond substituents is 2. The molecule has 0 aromatic heterocycles. The normalized spacial score (nSPS) is 27.3. The lowest BCUT2D eigenvalue weighted by Crippen LogP contribution is -2.52. The van der Waals surface area contributed by atoms with Gasteiger partial charge in [0, 0.05) is 58.3 Å². The molecular formula is C32H31ClN2O10. The quantitative estimate of drug-likeness (QED) is 0.175. The third-order valence-corrected chi connectivity index (χ3v) is 8.73. The zero-order valence-corrected chi connectivity index (χ0v) is 24.8. The third kappa shape index (κ3) is 5.65. The molecule has 3 aliphatic rings. The summed E-state index contributed by atoms with van der Waals surface area (Å²) >= 11 is 5.89. The number of phenols is 2. The molecule has 0 bridgehead atoms. The SMILES string of the molecule is C[C@@H]1O[C@@H](O[C@H]2C[C@](O)(COC(=O)Nc3ccc(Cl)cc3)Cc3c(O)c4c(c(O)c32)C(=O)c2ccccc2C4=O)C[C@H](N)[C@@H]1O. The van der Waals surface area contributed by atoms with Crippen molar-refractivity contribution in [3.63, 3.8) is 0 Å². The average molecular weight is 639 g/mol. The van der Waals surface area contributed by atoms with E-state index in [-0.39, 0.29) is 47.1 Å². The van der Waals surface area contributed by atoms with Gasteiger partial charge in [-0.15, -0.1) is 0 Å². The number of benzene rings is 3. The van der Waals surface area contributed by atoms with Crippen LogP contribution in [0.2, 0.25) is 5.02 Å². The summed E-state index contributed by atoms with van der Waals surface area (Å²) in [6.45, 7) is 1.04. The third-order valence-electron chi connectivity index (χ3n) is 8.48. The van der Waals surface area contributed by atoms with Gasteiger partial charge in [0.1, 0.15) is 23.7 Å². The Morgan fingerprint density at radius 2 is 1.69 bits per heavy atom. The van der Waals surface area contributed by atoms with Crippen molar-refractivity contribution in [2.75, 3.05) is 11.9 Å². The van der Waals surface area contributed by atoms with E-state index in [1.54, 1.807) is 43.3 Å². The molecule has 3 aromatic carbocycles. The van der Waals surface area contributed by atoms with Crippen molar-refractivity contribution in [1.82, 2.24) is 0 Å². The molecular weight excluding hydrogens is 608 g/mol. The molecule has 3 aromatic rings. The minimum absolute atomic E-state index is 0.0157. The van der Waals surface area contributed by atoms with E-state index < -0.39 is 77.6 Å². The Bertz CT molecular complexity index is 1680. The molecule has 0 spiro atoms. The van der Waals surface area contributed by atoms with E-state index in [2.05, 4.69) is 5.32 Å². The Hall–Kier alpha value is -4.04. The van der Waals surface area contributed by atoms with E-state index in [9.17, 15) is 34.8 Å². The zero-order valence-electron chi connectivity index (χ0n) is 24.0. The standard InChI is InChI=1S/C32H31ClN2O10/c1-14-26(36)20(34)10-22(44-14)45-21-12-32(42,13-43-31(41)35-16-8-6-15(33)7-9-16)11-19-23(21)30(40)25-24(29(19)39)27(37)17-4-2-3-5-18(17)28(25)38/h2-9,14,20-22,26,36,39-40,42H,10-13,34H2,1H3,(H,35,41)/t14-,20-,21-,22-,26+,32-/m0/s1. The number of hydrogen-bond acceptors (Lipinski definition) is 11. The number of hydrogen-bond donors (Lipinski definition) is 6. The van der Waals surface area contributed by atoms with Gasteiger partial charge in [-0.05, 0) is 31.2 Å². The Morgan fingerprint density at radius 1 is 1.07 bits per heavy atom. The largest absolute Gasteiger partial charge is 0.507 e. The lowest BCUT2D eigenvalue weighted by Gasteiger charge is -2.42. The molecule has 45 heavy (non-hydrogen) atoms. The summed E-state index contributed by atoms with van der Waals surface area (Å²) in [7, 11) is 0. The lowest BCUT2D eigenvalue weighted by atomic mass is 9.73. The van der Waals surface area contributed by atoms with Gasteiger partial charge in [0.15, 0.2) is 17.9 Å². The fraction of sp³-hybridized carbons (Fsp3) is 0.344. The van der Waals surface area contributed by atoms with Gasteiger partial charge in [-0.25, -0.2) is 4.79 Å². The van der Waals surface area contributed by atoms with Crippen molar-refractivity contribution in [3.8, 4) is 11.5 Å². The van der Waals surface area contributed by atoms with Crippen molar-refractivity contribution < 1.29 is 49.0 Å². The average Bonchev–Trinajstić information content (AvgIpc) is 3.00. The van der Waals surface area contributed by atoms with Crippen molar-refractivity contribution in [2.45, 2.75) is 62.4 Å². The summed E-state index contributed by atoms with van der Waals surface area (Å²) in [6, 6.07) is 11.6. The first kappa shape index (κ1) is 31.0. The van der Waals surface area contributed by atoms with Gasteiger partial charge in [0.2, 0.25) is 0 Å². The summed E-state index contributed by atoms with van der Waals surface area (Å²) in [5.41, 5.74) is 3.90. The predicted molar refractivity (Wildman–Crippen MR) is 160 cm³/mol. The summed E-state index contributed by atoms with van der Waals surface area (Å²) < 4.78 is 17.3. The molecule has 0 radical (unpaired) electrons. The number of rotatable bonds is 5. The van der Waals surface area contributed by atoms with Crippen LogP contribution in [0, 0.1) is 0 Å². The second-order valence-corrected chi connectivity index (χ2v) is 12.1. The number of ketones is 2. The van der Waals surface area contributed by atoms with Crippen LogP contribution in [0.1, 0.15) is 68.8 Å². The Kier molecular flexibility index (Phi) is 8.06. The molecule has 6 atom stereocenters. The highest BCUT2D eigenvalue weighted by molar-refractivity contribution is 6.31. The number of carbonyl (C=O) groups excluding carboxylic acids is 3. The van der Waals surface area contributed by atoms with Crippen molar-refractivity contribution in [3.05, 3.63) is 86.9 Å². The zero-order chi connectivity index (χ0) is 32.2. The number of carbonyl (C=O) groups is 3. The number of anilines is 1. The van der Waals surface area contributed by atoms with E-state index in [1.807, 2.05) is 0 Å². The minimum atomic E-state index is -1.87. The molecule has 12 nitrogen and oxygen atoms in total. The number of fused-ring (bicyclic) bond motifs is 3. The van der Waals surface area contributed by atoms with Gasteiger partial charge >= 0.3 is 6.09 Å². The van der Waals surface area contributed by atoms with Crippen LogP contribution in [0.25, 0.3) is 0 Å². The molecule has 0 saturated carbocycles. The maximum absolute atomic E-state index is 13.6. The fourth-order valence-corrected chi connectivity index (χ4v) is 6.35. The molecule has 1 heterocycles. The first-order valence-electron chi connectivity index (χ1n) is 14.3. The molecule has 1 saturated heterocycles. The molecule has 7 N–H and O–H groups in total. The first-order chi connectivity index (χ1) is 21.4. The lowest BCUT2D eigenvalue weighted by molar-refractivity contribution is -0.248. The highest BCUT2D eigenvalue weighted by Gasteiger charge is 2.48. The van der Waals surface area contributed by atoms with E-state index >= 15 is 0 Å². The molecule has 1 aliphatic heterocycles. The molecule has 0 unspecified atom stereocenters. The molecule has 1 fully saturated rings. The minimum Gasteiger partial charge on any atom is -0.507 e. The number of aliphatic hydroxyl groups excluding tert-OH is 1. The van der Waals surface area contributed by atoms with Crippen LogP contribution in [0.3, 0.4) is 0 Å². The van der Waals surface area contributed by atoms with Gasteiger partial charge in [-0.1, -0.05) is 35.9 Å². The molecule has 1 amide bonds. The van der Waals surface area contributed by atoms with Crippen LogP contribution < -0.4 is 11.1 Å². The summed E-state index contributed by atoms with van der Waals surface area (Å²) in [5, 5.41) is 48.1. The van der Waals surface area contributed by atoms with E-state index in [1.165, 1.54) is 12.1 Å². The number of amides is 1. The van der Waals surface area contributed by atoms with E-state index in [4.69, 9.17) is 31.5 Å². The summed E-state index contributed by atoms with van der Waals surface area (Å²) in [5.74, 6) is -2.52. The van der Waals surface area contributed by atoms with E-state index in [0.29, 0.717) is 10.7 Å². The molecule has 13 heteroatoms. The van der Waals surface area contributed by atoms with E-state index in [0.717, 1.165) is 0 Å². The van der Waals surface area contributed by atoms with Gasteiger partial charge in [-0.3, -0.25) is 14.9 Å². The number of nitrogens with one attached hydrogen (secondary N) is 1. The predicted octanol–water partition coefficient (Wildman–Crippen LogP) is 3.33. The maximum Gasteiger partial charge on any atom is 0.411 e. The monoisotopic (exact) mass is 638 g/mol. The summed E-state index contributed by atoms with van der Waals surface area (Å²) in [4.78, 5) is 39.7. The number of aliphatic hydroxyl groups is 2. The Morgan fingerprint density at radius 3 is 2.31 bits per heavy atom. The Balaban J connectivity index is 1.36.